The number of likely N-dealkylation sites (N-methyl/N-ethyl adjacent to an activating group) is 1. The Hall–Kier alpha value is -3.38. The summed E-state index contributed by atoms with van der Waals surface area (Å²) >= 11 is 1.49. The summed E-state index contributed by atoms with van der Waals surface area (Å²) in [5, 5.41) is 1.94. The molecule has 2 amide bonds. The van der Waals surface area contributed by atoms with Gasteiger partial charge in [0.05, 0.1) is 11.3 Å². The summed E-state index contributed by atoms with van der Waals surface area (Å²) in [7, 11) is 0. The molecule has 0 N–H and O–H groups in total. The monoisotopic (exact) mass is 457 g/mol. The number of hydrogen-bond acceptors (Lipinski definition) is 5. The Bertz CT molecular complexity index is 1160. The van der Waals surface area contributed by atoms with Crippen LogP contribution in [0.1, 0.15) is 30.2 Å². The molecule has 0 bridgehead atoms. The van der Waals surface area contributed by atoms with Crippen molar-refractivity contribution in [3.8, 4) is 0 Å². The van der Waals surface area contributed by atoms with E-state index in [0.29, 0.717) is 30.0 Å². The number of benzene rings is 2. The molecule has 0 radical (unpaired) electrons. The lowest BCUT2D eigenvalue weighted by Crippen LogP contribution is -2.35. The molecule has 33 heavy (non-hydrogen) atoms. The van der Waals surface area contributed by atoms with E-state index in [2.05, 4.69) is 4.90 Å². The second-order valence-electron chi connectivity index (χ2n) is 8.36. The third kappa shape index (κ3) is 4.07. The number of anilines is 2. The molecule has 1 fully saturated rings. The number of carbonyl (C=O) groups is 2. The molecule has 1 aromatic heterocycles. The Morgan fingerprint density at radius 3 is 2.18 bits per heavy atom. The summed E-state index contributed by atoms with van der Waals surface area (Å²) in [5.41, 5.74) is 3.84. The summed E-state index contributed by atoms with van der Waals surface area (Å²) < 4.78 is 0. The van der Waals surface area contributed by atoms with Gasteiger partial charge in [-0.25, -0.2) is 4.90 Å². The van der Waals surface area contributed by atoms with Crippen LogP contribution in [-0.2, 0) is 16.1 Å². The van der Waals surface area contributed by atoms with E-state index < -0.39 is 0 Å². The molecule has 1 saturated heterocycles. The van der Waals surface area contributed by atoms with Crippen LogP contribution in [0, 0.1) is 0 Å². The van der Waals surface area contributed by atoms with Crippen LogP contribution in [0.2, 0.25) is 0 Å². The lowest BCUT2D eigenvalue weighted by atomic mass is 10.1. The van der Waals surface area contributed by atoms with E-state index in [1.54, 1.807) is 0 Å². The predicted octanol–water partition coefficient (Wildman–Crippen LogP) is 5.15. The molecule has 5 rings (SSSR count). The minimum Gasteiger partial charge on any atom is -0.372 e. The fraction of sp³-hybridized carbons (Fsp3) is 0.259. The smallest absolute Gasteiger partial charge is 0.282 e. The first-order valence-electron chi connectivity index (χ1n) is 11.5. The quantitative estimate of drug-likeness (QED) is 0.460. The molecule has 3 aromatic rings. The van der Waals surface area contributed by atoms with E-state index in [9.17, 15) is 9.59 Å². The average molecular weight is 458 g/mol. The van der Waals surface area contributed by atoms with Gasteiger partial charge in [0, 0.05) is 36.7 Å². The van der Waals surface area contributed by atoms with Crippen molar-refractivity contribution in [1.29, 1.82) is 0 Å². The molecule has 2 aliphatic rings. The van der Waals surface area contributed by atoms with Crippen molar-refractivity contribution < 1.29 is 9.59 Å². The number of thiophene rings is 1. The zero-order valence-corrected chi connectivity index (χ0v) is 19.6. The minimum absolute atomic E-state index is 0.252. The van der Waals surface area contributed by atoms with E-state index in [-0.39, 0.29) is 11.8 Å². The lowest BCUT2D eigenvalue weighted by Gasteiger charge is -2.25. The lowest BCUT2D eigenvalue weighted by molar-refractivity contribution is -0.120. The molecule has 0 unspecified atom stereocenters. The van der Waals surface area contributed by atoms with Crippen molar-refractivity contribution in [2.45, 2.75) is 26.3 Å². The van der Waals surface area contributed by atoms with Crippen LogP contribution in [-0.4, -0.2) is 36.3 Å². The van der Waals surface area contributed by atoms with E-state index >= 15 is 0 Å². The predicted molar refractivity (Wildman–Crippen MR) is 134 cm³/mol. The fourth-order valence-corrected chi connectivity index (χ4v) is 5.39. The van der Waals surface area contributed by atoms with Gasteiger partial charge in [-0.1, -0.05) is 36.4 Å². The Labute approximate surface area is 198 Å². The zero-order valence-electron chi connectivity index (χ0n) is 18.7. The number of carbonyl (C=O) groups excluding carboxylic acids is 2. The molecule has 2 aromatic carbocycles. The van der Waals surface area contributed by atoms with Gasteiger partial charge in [0.25, 0.3) is 11.8 Å². The van der Waals surface area contributed by atoms with Gasteiger partial charge in [-0.05, 0) is 61.0 Å². The van der Waals surface area contributed by atoms with Crippen LogP contribution >= 0.6 is 11.3 Å². The van der Waals surface area contributed by atoms with E-state index in [4.69, 9.17) is 0 Å². The highest BCUT2D eigenvalue weighted by Crippen LogP contribution is 2.37. The van der Waals surface area contributed by atoms with Gasteiger partial charge in [-0.3, -0.25) is 9.59 Å². The molecular weight excluding hydrogens is 430 g/mol. The molecule has 6 heteroatoms. The van der Waals surface area contributed by atoms with Crippen molar-refractivity contribution in [3.63, 3.8) is 0 Å². The van der Waals surface area contributed by atoms with Crippen molar-refractivity contribution in [2.75, 3.05) is 29.4 Å². The second kappa shape index (κ2) is 9.24. The van der Waals surface area contributed by atoms with Crippen molar-refractivity contribution in [3.05, 3.63) is 88.2 Å². The summed E-state index contributed by atoms with van der Waals surface area (Å²) in [5.74, 6) is -0.506. The minimum atomic E-state index is -0.255. The van der Waals surface area contributed by atoms with Crippen molar-refractivity contribution in [1.82, 2.24) is 4.90 Å². The third-order valence-corrected chi connectivity index (χ3v) is 7.21. The molecule has 2 aliphatic heterocycles. The van der Waals surface area contributed by atoms with Crippen LogP contribution in [0.4, 0.5) is 11.4 Å². The van der Waals surface area contributed by atoms with Crippen LogP contribution in [0.25, 0.3) is 5.57 Å². The molecule has 0 atom stereocenters. The maximum absolute atomic E-state index is 13.8. The van der Waals surface area contributed by atoms with Gasteiger partial charge in [-0.2, -0.15) is 0 Å². The molecular formula is C27H27N3O2S. The number of hydrogen-bond donors (Lipinski definition) is 0. The first-order valence-corrected chi connectivity index (χ1v) is 12.4. The molecule has 3 heterocycles. The van der Waals surface area contributed by atoms with Crippen molar-refractivity contribution in [2.24, 2.45) is 0 Å². The molecule has 0 spiro atoms. The first kappa shape index (κ1) is 21.5. The van der Waals surface area contributed by atoms with Gasteiger partial charge in [0.2, 0.25) is 0 Å². The van der Waals surface area contributed by atoms with Gasteiger partial charge in [-0.15, -0.1) is 11.3 Å². The van der Waals surface area contributed by atoms with E-state index in [0.717, 1.165) is 29.2 Å². The highest BCUT2D eigenvalue weighted by atomic mass is 32.1. The van der Waals surface area contributed by atoms with E-state index in [1.165, 1.54) is 29.1 Å². The highest BCUT2D eigenvalue weighted by molar-refractivity contribution is 7.11. The van der Waals surface area contributed by atoms with Gasteiger partial charge < -0.3 is 9.80 Å². The van der Waals surface area contributed by atoms with Crippen LogP contribution < -0.4 is 9.80 Å². The summed E-state index contributed by atoms with van der Waals surface area (Å²) in [4.78, 5) is 33.9. The van der Waals surface area contributed by atoms with E-state index in [1.807, 2.05) is 83.9 Å². The average Bonchev–Trinajstić information content (AvgIpc) is 3.60. The van der Waals surface area contributed by atoms with Crippen LogP contribution in [0.3, 0.4) is 0 Å². The molecule has 5 nitrogen and oxygen atoms in total. The topological polar surface area (TPSA) is 43.9 Å². The zero-order chi connectivity index (χ0) is 22.8. The third-order valence-electron chi connectivity index (χ3n) is 6.32. The Kier molecular flexibility index (Phi) is 6.01. The van der Waals surface area contributed by atoms with Gasteiger partial charge >= 0.3 is 0 Å². The summed E-state index contributed by atoms with van der Waals surface area (Å²) in [6.07, 6.45) is 2.41. The Morgan fingerprint density at radius 2 is 1.55 bits per heavy atom. The second-order valence-corrected chi connectivity index (χ2v) is 9.30. The largest absolute Gasteiger partial charge is 0.372 e. The SMILES string of the molecule is CCN(Cc1ccccc1)C1=C(c2cccs2)C(=O)N(c2ccc(N3CCCC3)cc2)C1=O. The Balaban J connectivity index is 1.50. The molecule has 0 aliphatic carbocycles. The normalized spacial score (nSPS) is 16.3. The number of amides is 2. The Morgan fingerprint density at radius 1 is 0.848 bits per heavy atom. The van der Waals surface area contributed by atoms with Gasteiger partial charge in [0.1, 0.15) is 5.70 Å². The number of rotatable bonds is 7. The molecule has 0 saturated carbocycles. The first-order chi connectivity index (χ1) is 16.2. The maximum Gasteiger partial charge on any atom is 0.282 e. The standard InChI is InChI=1S/C27H27N3O2S/c1-2-28(19-20-9-4-3-5-10-20)25-24(23-11-8-18-33-23)26(31)30(27(25)32)22-14-12-21(13-15-22)29-16-6-7-17-29/h3-5,8-15,18H,2,6-7,16-17,19H2,1H3. The van der Waals surface area contributed by atoms with Crippen LogP contribution in [0.5, 0.6) is 0 Å². The number of imide groups is 1. The van der Waals surface area contributed by atoms with Gasteiger partial charge in [0.15, 0.2) is 0 Å². The van der Waals surface area contributed by atoms with Crippen LogP contribution in [0.15, 0.2) is 77.8 Å². The summed E-state index contributed by atoms with van der Waals surface area (Å²) in [6, 6.07) is 21.7. The summed E-state index contributed by atoms with van der Waals surface area (Å²) in [6.45, 7) is 5.33. The van der Waals surface area contributed by atoms with Crippen molar-refractivity contribution >= 4 is 40.1 Å². The molecule has 168 valence electrons. The number of nitrogens with zero attached hydrogens (tertiary/aromatic N) is 3. The maximum atomic E-state index is 13.8. The highest BCUT2D eigenvalue weighted by Gasteiger charge is 2.42. The fourth-order valence-electron chi connectivity index (χ4n) is 4.63.